The van der Waals surface area contributed by atoms with Gasteiger partial charge < -0.3 is 4.74 Å². The van der Waals surface area contributed by atoms with Gasteiger partial charge in [0.15, 0.2) is 0 Å². The zero-order chi connectivity index (χ0) is 12.3. The van der Waals surface area contributed by atoms with Crippen LogP contribution in [-0.4, -0.2) is 21.3 Å². The average Bonchev–Trinajstić information content (AvgIpc) is 2.16. The van der Waals surface area contributed by atoms with Gasteiger partial charge in [0.25, 0.3) is 0 Å². The third kappa shape index (κ3) is 3.50. The standard InChI is InChI=1S/C9H9Cl2FO3S/c1-15-8-3-2-7(12)6(9(8)10)4-5-16(11,13)14/h2-3H,4-5H2,1H3. The molecule has 0 N–H and O–H groups in total. The molecule has 0 heterocycles. The molecule has 0 saturated carbocycles. The molecule has 0 aliphatic carbocycles. The van der Waals surface area contributed by atoms with Crippen LogP contribution in [0.15, 0.2) is 12.1 Å². The van der Waals surface area contributed by atoms with Crippen LogP contribution in [0.4, 0.5) is 4.39 Å². The number of ether oxygens (including phenoxy) is 1. The summed E-state index contributed by atoms with van der Waals surface area (Å²) in [5.74, 6) is -0.658. The first-order valence-corrected chi connectivity index (χ1v) is 7.14. The maximum Gasteiger partial charge on any atom is 0.232 e. The van der Waals surface area contributed by atoms with Gasteiger partial charge in [0.2, 0.25) is 9.05 Å². The van der Waals surface area contributed by atoms with Crippen molar-refractivity contribution in [2.75, 3.05) is 12.9 Å². The molecular weight excluding hydrogens is 278 g/mol. The lowest BCUT2D eigenvalue weighted by Gasteiger charge is -2.08. The first kappa shape index (κ1) is 13.5. The minimum Gasteiger partial charge on any atom is -0.495 e. The number of rotatable bonds is 4. The monoisotopic (exact) mass is 286 g/mol. The van der Waals surface area contributed by atoms with Crippen molar-refractivity contribution in [2.24, 2.45) is 0 Å². The van der Waals surface area contributed by atoms with Crippen LogP contribution in [0.2, 0.25) is 5.02 Å². The highest BCUT2D eigenvalue weighted by Crippen LogP contribution is 2.30. The Hall–Kier alpha value is -0.520. The lowest BCUT2D eigenvalue weighted by Crippen LogP contribution is -2.04. The molecule has 3 nitrogen and oxygen atoms in total. The molecule has 7 heteroatoms. The normalized spacial score (nSPS) is 11.5. The predicted molar refractivity (Wildman–Crippen MR) is 61.3 cm³/mol. The van der Waals surface area contributed by atoms with Crippen LogP contribution in [0.25, 0.3) is 0 Å². The third-order valence-corrected chi connectivity index (χ3v) is 3.54. The van der Waals surface area contributed by atoms with Crippen LogP contribution in [0.3, 0.4) is 0 Å². The zero-order valence-electron chi connectivity index (χ0n) is 8.34. The molecule has 0 bridgehead atoms. The third-order valence-electron chi connectivity index (χ3n) is 1.97. The van der Waals surface area contributed by atoms with Crippen LogP contribution < -0.4 is 4.74 Å². The van der Waals surface area contributed by atoms with E-state index in [4.69, 9.17) is 27.0 Å². The quantitative estimate of drug-likeness (QED) is 0.799. The molecule has 1 rings (SSSR count). The second kappa shape index (κ2) is 5.21. The first-order valence-electron chi connectivity index (χ1n) is 4.28. The molecule has 0 aliphatic heterocycles. The van der Waals surface area contributed by atoms with E-state index in [0.717, 1.165) is 0 Å². The zero-order valence-corrected chi connectivity index (χ0v) is 10.7. The van der Waals surface area contributed by atoms with Crippen molar-refractivity contribution < 1.29 is 17.5 Å². The molecule has 0 saturated heterocycles. The topological polar surface area (TPSA) is 43.4 Å². The second-order valence-corrected chi connectivity index (χ2v) is 6.31. The Morgan fingerprint density at radius 3 is 2.56 bits per heavy atom. The smallest absolute Gasteiger partial charge is 0.232 e. The molecule has 0 aromatic heterocycles. The average molecular weight is 287 g/mol. The van der Waals surface area contributed by atoms with Crippen LogP contribution in [0.5, 0.6) is 5.75 Å². The van der Waals surface area contributed by atoms with E-state index in [1.807, 2.05) is 0 Å². The minimum atomic E-state index is -3.67. The molecule has 16 heavy (non-hydrogen) atoms. The Morgan fingerprint density at radius 1 is 1.44 bits per heavy atom. The number of methoxy groups -OCH3 is 1. The molecule has 0 amide bonds. The Labute approximate surface area is 103 Å². The molecule has 90 valence electrons. The summed E-state index contributed by atoms with van der Waals surface area (Å²) < 4.78 is 39.8. The van der Waals surface area contributed by atoms with Crippen molar-refractivity contribution in [3.8, 4) is 5.75 Å². The number of halogens is 3. The van der Waals surface area contributed by atoms with E-state index in [-0.39, 0.29) is 22.8 Å². The first-order chi connectivity index (χ1) is 7.35. The largest absolute Gasteiger partial charge is 0.495 e. The van der Waals surface area contributed by atoms with Crippen LogP contribution in [0, 0.1) is 5.82 Å². The highest BCUT2D eigenvalue weighted by molar-refractivity contribution is 8.13. The van der Waals surface area contributed by atoms with Crippen molar-refractivity contribution in [3.05, 3.63) is 28.5 Å². The van der Waals surface area contributed by atoms with E-state index in [2.05, 4.69) is 0 Å². The number of hydrogen-bond donors (Lipinski definition) is 0. The van der Waals surface area contributed by atoms with E-state index in [1.54, 1.807) is 0 Å². The van der Waals surface area contributed by atoms with Gasteiger partial charge in [0.1, 0.15) is 11.6 Å². The lowest BCUT2D eigenvalue weighted by molar-refractivity contribution is 0.413. The van der Waals surface area contributed by atoms with Gasteiger partial charge in [-0.1, -0.05) is 11.6 Å². The molecular formula is C9H9Cl2FO3S. The van der Waals surface area contributed by atoms with Gasteiger partial charge in [-0.25, -0.2) is 12.8 Å². The van der Waals surface area contributed by atoms with Crippen LogP contribution >= 0.6 is 22.3 Å². The molecule has 1 aromatic rings. The van der Waals surface area contributed by atoms with E-state index in [9.17, 15) is 12.8 Å². The summed E-state index contributed by atoms with van der Waals surface area (Å²) in [4.78, 5) is 0. The fraction of sp³-hybridized carbons (Fsp3) is 0.333. The molecule has 0 radical (unpaired) electrons. The van der Waals surface area contributed by atoms with Gasteiger partial charge in [0.05, 0.1) is 17.9 Å². The number of benzene rings is 1. The summed E-state index contributed by atoms with van der Waals surface area (Å²) in [6.45, 7) is 0. The Morgan fingerprint density at radius 2 is 2.06 bits per heavy atom. The predicted octanol–water partition coefficient (Wildman–Crippen LogP) is 2.60. The Kier molecular flexibility index (Phi) is 4.41. The fourth-order valence-electron chi connectivity index (χ4n) is 1.19. The molecule has 0 aliphatic rings. The van der Waals surface area contributed by atoms with Gasteiger partial charge in [-0.05, 0) is 18.6 Å². The lowest BCUT2D eigenvalue weighted by atomic mass is 10.1. The van der Waals surface area contributed by atoms with Crippen LogP contribution in [-0.2, 0) is 15.5 Å². The summed E-state index contributed by atoms with van der Waals surface area (Å²) >= 11 is 5.84. The molecule has 0 atom stereocenters. The van der Waals surface area contributed by atoms with E-state index >= 15 is 0 Å². The Bertz CT molecular complexity index is 488. The van der Waals surface area contributed by atoms with Crippen molar-refractivity contribution in [1.82, 2.24) is 0 Å². The SMILES string of the molecule is COc1ccc(F)c(CCS(=O)(=O)Cl)c1Cl. The molecule has 1 aromatic carbocycles. The van der Waals surface area contributed by atoms with E-state index in [1.165, 1.54) is 19.2 Å². The van der Waals surface area contributed by atoms with Gasteiger partial charge >= 0.3 is 0 Å². The van der Waals surface area contributed by atoms with Gasteiger partial charge in [0, 0.05) is 16.2 Å². The maximum absolute atomic E-state index is 13.4. The summed E-state index contributed by atoms with van der Waals surface area (Å²) in [5, 5.41) is 0.0721. The van der Waals surface area contributed by atoms with E-state index < -0.39 is 14.9 Å². The molecule has 0 fully saturated rings. The molecule has 0 spiro atoms. The van der Waals surface area contributed by atoms with Gasteiger partial charge in [-0.3, -0.25) is 0 Å². The second-order valence-electron chi connectivity index (χ2n) is 3.04. The van der Waals surface area contributed by atoms with Gasteiger partial charge in [-0.2, -0.15) is 0 Å². The summed E-state index contributed by atoms with van der Waals surface area (Å²) in [5.41, 5.74) is 0.0882. The van der Waals surface area contributed by atoms with E-state index in [0.29, 0.717) is 5.75 Å². The summed E-state index contributed by atoms with van der Waals surface area (Å²) in [6, 6.07) is 2.54. The van der Waals surface area contributed by atoms with Crippen molar-refractivity contribution in [3.63, 3.8) is 0 Å². The highest BCUT2D eigenvalue weighted by Gasteiger charge is 2.15. The Balaban J connectivity index is 3.03. The van der Waals surface area contributed by atoms with Crippen molar-refractivity contribution in [1.29, 1.82) is 0 Å². The maximum atomic E-state index is 13.4. The number of hydrogen-bond acceptors (Lipinski definition) is 3. The van der Waals surface area contributed by atoms with Crippen LogP contribution in [0.1, 0.15) is 5.56 Å². The highest BCUT2D eigenvalue weighted by atomic mass is 35.7. The minimum absolute atomic E-state index is 0.0721. The van der Waals surface area contributed by atoms with Crippen molar-refractivity contribution in [2.45, 2.75) is 6.42 Å². The van der Waals surface area contributed by atoms with Crippen molar-refractivity contribution >= 4 is 31.3 Å². The molecule has 0 unspecified atom stereocenters. The van der Waals surface area contributed by atoms with Gasteiger partial charge in [-0.15, -0.1) is 0 Å². The summed E-state index contributed by atoms with van der Waals surface area (Å²) in [7, 11) is 2.76. The summed E-state index contributed by atoms with van der Waals surface area (Å²) in [6.07, 6.45) is -0.0896. The fourth-order valence-corrected chi connectivity index (χ4v) is 2.19.